The molecule has 0 radical (unpaired) electrons. The molecule has 40 heavy (non-hydrogen) atoms. The van der Waals surface area contributed by atoms with Crippen molar-refractivity contribution in [3.63, 3.8) is 0 Å². The molecule has 1 aliphatic rings. The molecule has 4 rings (SSSR count). The van der Waals surface area contributed by atoms with Gasteiger partial charge in [0.25, 0.3) is 0 Å². The fourth-order valence-corrected chi connectivity index (χ4v) is 9.21. The number of benzene rings is 3. The third-order valence-electron chi connectivity index (χ3n) is 6.10. The summed E-state index contributed by atoms with van der Waals surface area (Å²) in [5.41, 5.74) is 2.11. The first-order chi connectivity index (χ1) is 18.8. The van der Waals surface area contributed by atoms with Crippen molar-refractivity contribution >= 4 is 19.7 Å². The van der Waals surface area contributed by atoms with Crippen LogP contribution in [0.5, 0.6) is 0 Å². The summed E-state index contributed by atoms with van der Waals surface area (Å²) in [4.78, 5) is 0.0187. The van der Waals surface area contributed by atoms with E-state index in [4.69, 9.17) is 14.0 Å². The van der Waals surface area contributed by atoms with Gasteiger partial charge in [0.15, 0.2) is 24.3 Å². The molecule has 0 aliphatic heterocycles. The van der Waals surface area contributed by atoms with Gasteiger partial charge in [0.2, 0.25) is 0 Å². The number of rotatable bonds is 7. The first-order valence-corrected chi connectivity index (χ1v) is 14.5. The fraction of sp³-hybridized carbons (Fsp3) is 0.167. The average molecular weight is 619 g/mol. The summed E-state index contributed by atoms with van der Waals surface area (Å²) in [5.74, 6) is -0.676. The second-order valence-electron chi connectivity index (χ2n) is 8.21. The molecular weight excluding hydrogens is 592 g/mol. The van der Waals surface area contributed by atoms with Crippen LogP contribution in [-0.4, -0.2) is 21.4 Å². The minimum absolute atomic E-state index is 0. The molecule has 2 unspecified atom stereocenters. The summed E-state index contributed by atoms with van der Waals surface area (Å²) >= 11 is 0. The number of sulfone groups is 2. The standard InChI is InChI=1S/C27H26O4S2.3CO.Fe/c1-21(22-12-5-2-6-13-22)23-14-11-15-24(20-23)27(32(28,29)25-16-7-3-8-17-25)33(30,31)26-18-9-4-10-19-26;3*1-2;/h2-19,21,24,27H,20H2,1H3;;;;. The molecule has 0 aromatic heterocycles. The molecule has 0 saturated carbocycles. The molecule has 0 bridgehead atoms. The first kappa shape index (κ1) is 36.8. The van der Waals surface area contributed by atoms with Gasteiger partial charge in [-0.05, 0) is 36.2 Å². The number of hydrogen-bond acceptors (Lipinski definition) is 4. The third-order valence-corrected chi connectivity index (χ3v) is 11.4. The summed E-state index contributed by atoms with van der Waals surface area (Å²) < 4.78 is 75.9. The van der Waals surface area contributed by atoms with E-state index in [1.165, 1.54) is 24.3 Å². The van der Waals surface area contributed by atoms with E-state index in [0.717, 1.165) is 11.1 Å². The smallest absolute Gasteiger partial charge is 0 e. The van der Waals surface area contributed by atoms with E-state index in [0.29, 0.717) is 6.42 Å². The van der Waals surface area contributed by atoms with Crippen molar-refractivity contribution in [2.75, 3.05) is 0 Å². The quantitative estimate of drug-likeness (QED) is 0.198. The maximum absolute atomic E-state index is 13.8. The van der Waals surface area contributed by atoms with E-state index in [9.17, 15) is 16.8 Å². The Labute approximate surface area is 246 Å². The number of allylic oxidation sites excluding steroid dienone is 4. The minimum Gasteiger partial charge on any atom is 0 e. The molecule has 0 N–H and O–H groups in total. The molecule has 0 spiro atoms. The van der Waals surface area contributed by atoms with Crippen molar-refractivity contribution in [1.29, 1.82) is 0 Å². The van der Waals surface area contributed by atoms with E-state index >= 15 is 0 Å². The monoisotopic (exact) mass is 618 g/mol. The number of hydrogen-bond donors (Lipinski definition) is 0. The Bertz CT molecular complexity index is 1430. The second kappa shape index (κ2) is 18.2. The van der Waals surface area contributed by atoms with Crippen molar-refractivity contribution < 1.29 is 47.9 Å². The summed E-state index contributed by atoms with van der Waals surface area (Å²) in [6, 6.07) is 25.6. The molecule has 3 aromatic rings. The molecule has 2 atom stereocenters. The Morgan fingerprint density at radius 1 is 0.675 bits per heavy atom. The van der Waals surface area contributed by atoms with Gasteiger partial charge in [-0.25, -0.2) is 16.8 Å². The van der Waals surface area contributed by atoms with Crippen LogP contribution in [-0.2, 0) is 50.7 Å². The van der Waals surface area contributed by atoms with Gasteiger partial charge in [0.05, 0.1) is 9.79 Å². The van der Waals surface area contributed by atoms with Crippen molar-refractivity contribution in [2.24, 2.45) is 5.92 Å². The molecule has 7 nitrogen and oxygen atoms in total. The summed E-state index contributed by atoms with van der Waals surface area (Å²) in [5, 5.41) is 0. The van der Waals surface area contributed by atoms with Gasteiger partial charge < -0.3 is 0 Å². The molecule has 208 valence electrons. The maximum atomic E-state index is 13.8. The van der Waals surface area contributed by atoms with E-state index < -0.39 is 30.2 Å². The first-order valence-electron chi connectivity index (χ1n) is 11.4. The van der Waals surface area contributed by atoms with Crippen LogP contribution in [0.2, 0.25) is 0 Å². The van der Waals surface area contributed by atoms with Crippen molar-refractivity contribution in [3.05, 3.63) is 140 Å². The van der Waals surface area contributed by atoms with Gasteiger partial charge in [-0.1, -0.05) is 97.5 Å². The SMILES string of the molecule is CC(C1=CC=CC(C(S(=O)(=O)c2ccccc2)S(=O)(=O)c2ccccc2)C1)c1ccccc1.[C-]#[O+].[C-]#[O+].[C-]#[O+].[Fe]. The zero-order valence-corrected chi connectivity index (χ0v) is 24.1. The van der Waals surface area contributed by atoms with Gasteiger partial charge in [0, 0.05) is 28.9 Å². The zero-order valence-electron chi connectivity index (χ0n) is 21.4. The Hall–Kier alpha value is -3.22. The topological polar surface area (TPSA) is 128 Å². The van der Waals surface area contributed by atoms with Crippen molar-refractivity contribution in [2.45, 2.75) is 33.6 Å². The average Bonchev–Trinajstić information content (AvgIpc) is 3.01. The Morgan fingerprint density at radius 3 is 1.45 bits per heavy atom. The maximum Gasteiger partial charge on any atom is 0 e. The van der Waals surface area contributed by atoms with Crippen LogP contribution in [0.1, 0.15) is 24.8 Å². The Morgan fingerprint density at radius 2 is 1.05 bits per heavy atom. The van der Waals surface area contributed by atoms with E-state index in [1.54, 1.807) is 48.6 Å². The summed E-state index contributed by atoms with van der Waals surface area (Å²) in [6.45, 7) is 15.6. The van der Waals surface area contributed by atoms with Gasteiger partial charge in [0.1, 0.15) is 0 Å². The predicted molar refractivity (Wildman–Crippen MR) is 143 cm³/mol. The normalized spacial score (nSPS) is 14.6. The summed E-state index contributed by atoms with van der Waals surface area (Å²) in [6.07, 6.45) is 5.81. The molecule has 1 aliphatic carbocycles. The van der Waals surface area contributed by atoms with Crippen LogP contribution in [0, 0.1) is 25.9 Å². The molecule has 0 amide bonds. The largest absolute Gasteiger partial charge is 0 e. The molecular formula is C30H26FeO7S2. The van der Waals surface area contributed by atoms with Crippen LogP contribution in [0.4, 0.5) is 0 Å². The molecule has 10 heteroatoms. The zero-order chi connectivity index (χ0) is 29.5. The van der Waals surface area contributed by atoms with Gasteiger partial charge >= 0.3 is 33.9 Å². The fourth-order valence-electron chi connectivity index (χ4n) is 4.31. The molecule has 3 aromatic carbocycles. The Balaban J connectivity index is 0.00000204. The van der Waals surface area contributed by atoms with Crippen LogP contribution < -0.4 is 0 Å². The van der Waals surface area contributed by atoms with Gasteiger partial charge in [-0.3, -0.25) is 0 Å². The molecule has 0 fully saturated rings. The second-order valence-corrected chi connectivity index (χ2v) is 12.6. The van der Waals surface area contributed by atoms with E-state index in [2.05, 4.69) is 26.9 Å². The summed E-state index contributed by atoms with van der Waals surface area (Å²) in [7, 11) is -8.37. The van der Waals surface area contributed by atoms with Crippen LogP contribution in [0.25, 0.3) is 0 Å². The van der Waals surface area contributed by atoms with Crippen LogP contribution >= 0.6 is 0 Å². The van der Waals surface area contributed by atoms with E-state index in [1.807, 2.05) is 36.4 Å². The van der Waals surface area contributed by atoms with Crippen LogP contribution in [0.3, 0.4) is 0 Å². The third kappa shape index (κ3) is 8.90. The van der Waals surface area contributed by atoms with Gasteiger partial charge in [-0.2, -0.15) is 0 Å². The van der Waals surface area contributed by atoms with Crippen molar-refractivity contribution in [1.82, 2.24) is 0 Å². The van der Waals surface area contributed by atoms with E-state index in [-0.39, 0.29) is 32.8 Å². The molecule has 0 heterocycles. The molecule has 0 saturated heterocycles. The Kier molecular flexibility index (Phi) is 16.7. The van der Waals surface area contributed by atoms with Gasteiger partial charge in [-0.15, -0.1) is 0 Å². The minimum atomic E-state index is -4.19. The van der Waals surface area contributed by atoms with Crippen molar-refractivity contribution in [3.8, 4) is 0 Å². The predicted octanol–water partition coefficient (Wildman–Crippen LogP) is 5.45. The van der Waals surface area contributed by atoms with Crippen LogP contribution in [0.15, 0.2) is 125 Å².